The van der Waals surface area contributed by atoms with Crippen LogP contribution >= 0.6 is 0 Å². The van der Waals surface area contributed by atoms with Crippen LogP contribution in [0.15, 0.2) is 24.3 Å². The molecule has 110 valence electrons. The maximum atomic E-state index is 5.84. The van der Waals surface area contributed by atoms with Crippen molar-refractivity contribution in [2.24, 2.45) is 11.7 Å². The van der Waals surface area contributed by atoms with Crippen molar-refractivity contribution >= 4 is 11.4 Å². The van der Waals surface area contributed by atoms with Crippen LogP contribution in [0.5, 0.6) is 0 Å². The highest BCUT2D eigenvalue weighted by molar-refractivity contribution is 5.55. The van der Waals surface area contributed by atoms with E-state index >= 15 is 0 Å². The molecule has 1 aromatic carbocycles. The van der Waals surface area contributed by atoms with Crippen molar-refractivity contribution in [1.29, 1.82) is 0 Å². The van der Waals surface area contributed by atoms with Gasteiger partial charge in [0.25, 0.3) is 0 Å². The molecular formula is C16H25N3O. The summed E-state index contributed by atoms with van der Waals surface area (Å²) in [5.41, 5.74) is 8.35. The summed E-state index contributed by atoms with van der Waals surface area (Å²) in [5, 5.41) is 3.65. The van der Waals surface area contributed by atoms with Crippen molar-refractivity contribution in [3.8, 4) is 0 Å². The van der Waals surface area contributed by atoms with E-state index in [1.54, 1.807) is 0 Å². The highest BCUT2D eigenvalue weighted by Crippen LogP contribution is 2.28. The molecule has 2 aliphatic rings. The Morgan fingerprint density at radius 2 is 1.90 bits per heavy atom. The second-order valence-electron chi connectivity index (χ2n) is 5.82. The first-order chi connectivity index (χ1) is 9.86. The normalized spacial score (nSPS) is 26.8. The average Bonchev–Trinajstić information content (AvgIpc) is 2.96. The van der Waals surface area contributed by atoms with E-state index in [0.717, 1.165) is 32.8 Å². The van der Waals surface area contributed by atoms with Crippen LogP contribution in [0.4, 0.5) is 11.4 Å². The maximum absolute atomic E-state index is 5.84. The molecule has 20 heavy (non-hydrogen) atoms. The first-order valence-electron chi connectivity index (χ1n) is 7.76. The van der Waals surface area contributed by atoms with E-state index in [1.807, 2.05) is 0 Å². The van der Waals surface area contributed by atoms with Crippen molar-refractivity contribution in [2.45, 2.75) is 25.3 Å². The van der Waals surface area contributed by atoms with Gasteiger partial charge in [0.1, 0.15) is 0 Å². The molecule has 1 heterocycles. The molecule has 0 spiro atoms. The number of benzene rings is 1. The van der Waals surface area contributed by atoms with Crippen LogP contribution in [0.25, 0.3) is 0 Å². The minimum atomic E-state index is 0.550. The second-order valence-corrected chi connectivity index (χ2v) is 5.82. The fraction of sp³-hybridized carbons (Fsp3) is 0.625. The van der Waals surface area contributed by atoms with Gasteiger partial charge in [-0.05, 0) is 49.6 Å². The monoisotopic (exact) mass is 275 g/mol. The number of nitrogens with zero attached hydrogens (tertiary/aromatic N) is 1. The Morgan fingerprint density at radius 3 is 2.60 bits per heavy atom. The zero-order valence-corrected chi connectivity index (χ0v) is 12.1. The third kappa shape index (κ3) is 3.07. The summed E-state index contributed by atoms with van der Waals surface area (Å²) in [6.45, 7) is 4.44. The fourth-order valence-corrected chi connectivity index (χ4v) is 3.31. The van der Waals surface area contributed by atoms with Gasteiger partial charge in [0, 0.05) is 30.5 Å². The number of ether oxygens (including phenoxy) is 1. The minimum Gasteiger partial charge on any atom is -0.382 e. The van der Waals surface area contributed by atoms with Gasteiger partial charge in [-0.25, -0.2) is 0 Å². The predicted octanol–water partition coefficient (Wildman–Crippen LogP) is 2.06. The Balaban J connectivity index is 1.61. The molecule has 2 atom stereocenters. The molecule has 3 N–H and O–H groups in total. The summed E-state index contributed by atoms with van der Waals surface area (Å²) in [4.78, 5) is 2.38. The third-order valence-electron chi connectivity index (χ3n) is 4.56. The van der Waals surface area contributed by atoms with Crippen LogP contribution in [0, 0.1) is 5.92 Å². The van der Waals surface area contributed by atoms with E-state index in [-0.39, 0.29) is 0 Å². The van der Waals surface area contributed by atoms with Crippen molar-refractivity contribution in [2.75, 3.05) is 43.1 Å². The number of hydrogen-bond acceptors (Lipinski definition) is 4. The summed E-state index contributed by atoms with van der Waals surface area (Å²) in [5.74, 6) is 0.633. The molecule has 4 heteroatoms. The van der Waals surface area contributed by atoms with Crippen LogP contribution in [0.2, 0.25) is 0 Å². The molecule has 1 saturated carbocycles. The lowest BCUT2D eigenvalue weighted by Gasteiger charge is -2.29. The fourth-order valence-electron chi connectivity index (χ4n) is 3.31. The van der Waals surface area contributed by atoms with E-state index in [4.69, 9.17) is 10.5 Å². The van der Waals surface area contributed by atoms with Gasteiger partial charge in [-0.15, -0.1) is 0 Å². The molecule has 2 unspecified atom stereocenters. The van der Waals surface area contributed by atoms with Crippen molar-refractivity contribution in [1.82, 2.24) is 0 Å². The van der Waals surface area contributed by atoms with E-state index in [1.165, 1.54) is 30.6 Å². The molecule has 2 fully saturated rings. The standard InChI is InChI=1S/C16H25N3O/c17-12-13-2-1-3-16(13)18-14-4-6-15(7-5-14)19-8-10-20-11-9-19/h4-7,13,16,18H,1-3,8-12,17H2. The van der Waals surface area contributed by atoms with Crippen LogP contribution < -0.4 is 16.0 Å². The lowest BCUT2D eigenvalue weighted by Crippen LogP contribution is -2.36. The molecular weight excluding hydrogens is 250 g/mol. The Kier molecular flexibility index (Phi) is 4.43. The van der Waals surface area contributed by atoms with Crippen molar-refractivity contribution in [3.63, 3.8) is 0 Å². The zero-order chi connectivity index (χ0) is 13.8. The predicted molar refractivity (Wildman–Crippen MR) is 83.3 cm³/mol. The lowest BCUT2D eigenvalue weighted by atomic mass is 10.0. The molecule has 3 rings (SSSR count). The molecule has 0 bridgehead atoms. The van der Waals surface area contributed by atoms with Gasteiger partial charge < -0.3 is 20.7 Å². The Bertz CT molecular complexity index is 414. The first-order valence-corrected chi connectivity index (χ1v) is 7.76. The second kappa shape index (κ2) is 6.46. The van der Waals surface area contributed by atoms with E-state index < -0.39 is 0 Å². The maximum Gasteiger partial charge on any atom is 0.0642 e. The van der Waals surface area contributed by atoms with Gasteiger partial charge in [-0.1, -0.05) is 6.42 Å². The van der Waals surface area contributed by atoms with E-state index in [2.05, 4.69) is 34.5 Å². The van der Waals surface area contributed by atoms with Crippen LogP contribution in [0.3, 0.4) is 0 Å². The van der Waals surface area contributed by atoms with Crippen LogP contribution in [-0.2, 0) is 4.74 Å². The van der Waals surface area contributed by atoms with Crippen LogP contribution in [0.1, 0.15) is 19.3 Å². The SMILES string of the molecule is NCC1CCCC1Nc1ccc(N2CCOCC2)cc1. The minimum absolute atomic E-state index is 0.550. The highest BCUT2D eigenvalue weighted by Gasteiger charge is 2.25. The zero-order valence-electron chi connectivity index (χ0n) is 12.1. The molecule has 1 aliphatic carbocycles. The highest BCUT2D eigenvalue weighted by atomic mass is 16.5. The Hall–Kier alpha value is -1.26. The van der Waals surface area contributed by atoms with Crippen LogP contribution in [-0.4, -0.2) is 38.9 Å². The lowest BCUT2D eigenvalue weighted by molar-refractivity contribution is 0.122. The molecule has 1 aliphatic heterocycles. The topological polar surface area (TPSA) is 50.5 Å². The summed E-state index contributed by atoms with van der Waals surface area (Å²) >= 11 is 0. The smallest absolute Gasteiger partial charge is 0.0642 e. The quantitative estimate of drug-likeness (QED) is 0.883. The number of rotatable bonds is 4. The molecule has 1 aromatic rings. The van der Waals surface area contributed by atoms with Gasteiger partial charge >= 0.3 is 0 Å². The van der Waals surface area contributed by atoms with Gasteiger partial charge in [-0.3, -0.25) is 0 Å². The molecule has 1 saturated heterocycles. The van der Waals surface area contributed by atoms with E-state index in [0.29, 0.717) is 12.0 Å². The van der Waals surface area contributed by atoms with Gasteiger partial charge in [-0.2, -0.15) is 0 Å². The molecule has 0 radical (unpaired) electrons. The average molecular weight is 275 g/mol. The summed E-state index contributed by atoms with van der Waals surface area (Å²) < 4.78 is 5.39. The van der Waals surface area contributed by atoms with Gasteiger partial charge in [0.15, 0.2) is 0 Å². The molecule has 0 amide bonds. The number of nitrogens with one attached hydrogen (secondary N) is 1. The largest absolute Gasteiger partial charge is 0.382 e. The number of morpholine rings is 1. The summed E-state index contributed by atoms with van der Waals surface area (Å²) in [7, 11) is 0. The summed E-state index contributed by atoms with van der Waals surface area (Å²) in [6.07, 6.45) is 3.80. The number of hydrogen-bond donors (Lipinski definition) is 2. The molecule has 0 aromatic heterocycles. The first kappa shape index (κ1) is 13.7. The Morgan fingerprint density at radius 1 is 1.15 bits per heavy atom. The Labute approximate surface area is 121 Å². The van der Waals surface area contributed by atoms with Gasteiger partial charge in [0.05, 0.1) is 13.2 Å². The summed E-state index contributed by atoms with van der Waals surface area (Å²) in [6, 6.07) is 9.35. The van der Waals surface area contributed by atoms with Gasteiger partial charge in [0.2, 0.25) is 0 Å². The van der Waals surface area contributed by atoms with Crippen molar-refractivity contribution in [3.05, 3.63) is 24.3 Å². The number of anilines is 2. The molecule has 4 nitrogen and oxygen atoms in total. The third-order valence-corrected chi connectivity index (χ3v) is 4.56. The van der Waals surface area contributed by atoms with E-state index in [9.17, 15) is 0 Å². The number of nitrogens with two attached hydrogens (primary N) is 1. The van der Waals surface area contributed by atoms with Crippen molar-refractivity contribution < 1.29 is 4.74 Å².